The van der Waals surface area contributed by atoms with Gasteiger partial charge in [-0.15, -0.1) is 0 Å². The molecule has 3 heteroatoms. The second kappa shape index (κ2) is 2.99. The van der Waals surface area contributed by atoms with Gasteiger partial charge in [0.2, 0.25) is 0 Å². The number of likely N-dealkylation sites (tertiary alicyclic amines) is 1. The molecule has 0 spiro atoms. The standard InChI is InChI=1S/C8H19INSi/c1-10(11(2,3)4)7-5-6-8(10)9/h8H,5-7H2,1-4H3/q+1. The van der Waals surface area contributed by atoms with Gasteiger partial charge in [0.05, 0.1) is 13.6 Å². The van der Waals surface area contributed by atoms with Crippen LogP contribution in [0.2, 0.25) is 19.6 Å². The molecule has 1 rings (SSSR count). The summed E-state index contributed by atoms with van der Waals surface area (Å²) in [5.74, 6) is 0. The Morgan fingerprint density at radius 2 is 1.91 bits per heavy atom. The van der Waals surface area contributed by atoms with Crippen molar-refractivity contribution in [2.45, 2.75) is 36.5 Å². The fourth-order valence-corrected chi connectivity index (χ4v) is 6.79. The van der Waals surface area contributed by atoms with Crippen LogP contribution in [0.3, 0.4) is 0 Å². The third-order valence-corrected chi connectivity index (χ3v) is 9.19. The summed E-state index contributed by atoms with van der Waals surface area (Å²) >= 11 is 2.64. The fraction of sp³-hybridized carbons (Fsp3) is 1.00. The van der Waals surface area contributed by atoms with Crippen molar-refractivity contribution in [2.75, 3.05) is 13.6 Å². The summed E-state index contributed by atoms with van der Waals surface area (Å²) in [4.78, 5) is 0. The molecule has 11 heavy (non-hydrogen) atoms. The first-order valence-electron chi connectivity index (χ1n) is 4.37. The van der Waals surface area contributed by atoms with Gasteiger partial charge in [-0.05, 0) is 42.2 Å². The molecule has 0 saturated carbocycles. The quantitative estimate of drug-likeness (QED) is 0.301. The summed E-state index contributed by atoms with van der Waals surface area (Å²) in [6, 6.07) is 0. The minimum absolute atomic E-state index is 0.888. The van der Waals surface area contributed by atoms with E-state index in [1.54, 1.807) is 0 Å². The van der Waals surface area contributed by atoms with E-state index in [1.807, 2.05) is 0 Å². The number of rotatable bonds is 1. The van der Waals surface area contributed by atoms with E-state index >= 15 is 0 Å². The van der Waals surface area contributed by atoms with Crippen LogP contribution in [0.15, 0.2) is 0 Å². The molecular formula is C8H19INSi+. The monoisotopic (exact) mass is 284 g/mol. The number of nitrogens with zero attached hydrogens (tertiary/aromatic N) is 1. The van der Waals surface area contributed by atoms with Gasteiger partial charge in [0.15, 0.2) is 0 Å². The molecule has 0 aromatic rings. The molecule has 2 atom stereocenters. The highest BCUT2D eigenvalue weighted by atomic mass is 127. The van der Waals surface area contributed by atoms with Gasteiger partial charge in [-0.25, -0.2) is 0 Å². The van der Waals surface area contributed by atoms with E-state index in [9.17, 15) is 0 Å². The highest BCUT2D eigenvalue weighted by Crippen LogP contribution is 2.35. The minimum Gasteiger partial charge on any atom is -0.376 e. The third-order valence-electron chi connectivity index (χ3n) is 3.22. The lowest BCUT2D eigenvalue weighted by atomic mass is 10.4. The van der Waals surface area contributed by atoms with Crippen LogP contribution in [0.4, 0.5) is 0 Å². The molecule has 0 aromatic carbocycles. The zero-order chi connectivity index (χ0) is 8.70. The first-order chi connectivity index (χ1) is 4.88. The van der Waals surface area contributed by atoms with Crippen LogP contribution >= 0.6 is 22.6 Å². The zero-order valence-electron chi connectivity index (χ0n) is 8.02. The first-order valence-corrected chi connectivity index (χ1v) is 9.06. The number of alkyl halides is 1. The maximum Gasteiger partial charge on any atom is 0.277 e. The van der Waals surface area contributed by atoms with E-state index in [4.69, 9.17) is 0 Å². The average molecular weight is 284 g/mol. The van der Waals surface area contributed by atoms with Crippen LogP contribution in [-0.4, -0.2) is 30.0 Å². The van der Waals surface area contributed by atoms with Crippen LogP contribution < -0.4 is 0 Å². The Morgan fingerprint density at radius 3 is 2.09 bits per heavy atom. The SMILES string of the molecule is C[N+]1([Si](C)(C)C)CCCC1I. The van der Waals surface area contributed by atoms with Crippen LogP contribution in [0.25, 0.3) is 0 Å². The van der Waals surface area contributed by atoms with Gasteiger partial charge in [0.1, 0.15) is 4.05 Å². The van der Waals surface area contributed by atoms with E-state index < -0.39 is 8.24 Å². The molecule has 0 bridgehead atoms. The lowest BCUT2D eigenvalue weighted by Gasteiger charge is -2.44. The lowest BCUT2D eigenvalue weighted by Crippen LogP contribution is -2.61. The molecule has 66 valence electrons. The van der Waals surface area contributed by atoms with Gasteiger partial charge in [-0.2, -0.15) is 0 Å². The van der Waals surface area contributed by atoms with E-state index in [0.29, 0.717) is 0 Å². The molecule has 1 aliphatic rings. The van der Waals surface area contributed by atoms with Crippen LogP contribution in [0.1, 0.15) is 12.8 Å². The van der Waals surface area contributed by atoms with Crippen molar-refractivity contribution in [1.82, 2.24) is 0 Å². The summed E-state index contributed by atoms with van der Waals surface area (Å²) in [5.41, 5.74) is 0. The molecule has 1 heterocycles. The molecule has 1 aliphatic heterocycles. The van der Waals surface area contributed by atoms with Crippen molar-refractivity contribution >= 4 is 30.8 Å². The summed E-state index contributed by atoms with van der Waals surface area (Å²) < 4.78 is 2.27. The Balaban J connectivity index is 2.81. The molecule has 0 amide bonds. The van der Waals surface area contributed by atoms with E-state index in [0.717, 1.165) is 4.05 Å². The van der Waals surface area contributed by atoms with Crippen LogP contribution in [-0.2, 0) is 0 Å². The topological polar surface area (TPSA) is 0 Å². The predicted octanol–water partition coefficient (Wildman–Crippen LogP) is 2.82. The van der Waals surface area contributed by atoms with E-state index in [-0.39, 0.29) is 0 Å². The Kier molecular flexibility index (Phi) is 2.72. The largest absolute Gasteiger partial charge is 0.376 e. The number of quaternary nitrogens is 1. The van der Waals surface area contributed by atoms with Gasteiger partial charge in [0.25, 0.3) is 8.24 Å². The summed E-state index contributed by atoms with van der Waals surface area (Å²) in [5, 5.41) is 0. The number of hydrogen-bond acceptors (Lipinski definition) is 0. The van der Waals surface area contributed by atoms with Crippen LogP contribution in [0.5, 0.6) is 0 Å². The molecule has 1 nitrogen and oxygen atoms in total. The van der Waals surface area contributed by atoms with Gasteiger partial charge in [-0.1, -0.05) is 0 Å². The highest BCUT2D eigenvalue weighted by Gasteiger charge is 2.46. The molecule has 0 N–H and O–H groups in total. The molecule has 0 aliphatic carbocycles. The maximum atomic E-state index is 2.64. The van der Waals surface area contributed by atoms with Crippen molar-refractivity contribution in [3.63, 3.8) is 0 Å². The van der Waals surface area contributed by atoms with E-state index in [1.165, 1.54) is 23.5 Å². The Bertz CT molecular complexity index is 155. The maximum absolute atomic E-state index is 2.64. The minimum atomic E-state index is -0.981. The molecule has 1 fully saturated rings. The summed E-state index contributed by atoms with van der Waals surface area (Å²) in [7, 11) is 1.47. The van der Waals surface area contributed by atoms with Crippen molar-refractivity contribution in [2.24, 2.45) is 0 Å². The lowest BCUT2D eigenvalue weighted by molar-refractivity contribution is -0.805. The summed E-state index contributed by atoms with van der Waals surface area (Å²) in [6.45, 7) is 8.89. The van der Waals surface area contributed by atoms with Crippen molar-refractivity contribution in [3.8, 4) is 0 Å². The van der Waals surface area contributed by atoms with Crippen molar-refractivity contribution in [3.05, 3.63) is 0 Å². The predicted molar refractivity (Wildman–Crippen MR) is 61.4 cm³/mol. The van der Waals surface area contributed by atoms with Crippen molar-refractivity contribution < 1.29 is 4.15 Å². The normalized spacial score (nSPS) is 39.5. The van der Waals surface area contributed by atoms with Gasteiger partial charge < -0.3 is 4.15 Å². The molecule has 2 unspecified atom stereocenters. The van der Waals surface area contributed by atoms with Crippen LogP contribution in [0, 0.1) is 0 Å². The molecular weight excluding hydrogens is 265 g/mol. The van der Waals surface area contributed by atoms with Gasteiger partial charge in [-0.3, -0.25) is 0 Å². The van der Waals surface area contributed by atoms with Gasteiger partial charge in [0, 0.05) is 12.8 Å². The molecule has 0 radical (unpaired) electrons. The average Bonchev–Trinajstić information content (AvgIpc) is 2.12. The highest BCUT2D eigenvalue weighted by molar-refractivity contribution is 14.1. The Morgan fingerprint density at radius 1 is 1.36 bits per heavy atom. The van der Waals surface area contributed by atoms with Gasteiger partial charge >= 0.3 is 0 Å². The zero-order valence-corrected chi connectivity index (χ0v) is 11.2. The first kappa shape index (κ1) is 9.99. The molecule has 1 saturated heterocycles. The Labute approximate surface area is 85.0 Å². The second-order valence-electron chi connectivity index (χ2n) is 4.74. The van der Waals surface area contributed by atoms with Crippen molar-refractivity contribution in [1.29, 1.82) is 0 Å². The number of halogens is 1. The number of hydrogen-bond donors (Lipinski definition) is 0. The smallest absolute Gasteiger partial charge is 0.277 e. The third kappa shape index (κ3) is 1.65. The second-order valence-corrected chi connectivity index (χ2v) is 11.5. The van der Waals surface area contributed by atoms with E-state index in [2.05, 4.69) is 49.3 Å². The fourth-order valence-electron chi connectivity index (χ4n) is 1.77. The molecule has 0 aromatic heterocycles. The summed E-state index contributed by atoms with van der Waals surface area (Å²) in [6.07, 6.45) is 2.87. The Hall–Kier alpha value is 0.907.